The fraction of sp³-hybridized carbons (Fsp3) is 0.333. The van der Waals surface area contributed by atoms with Crippen LogP contribution in [-0.2, 0) is 24.7 Å². The van der Waals surface area contributed by atoms with Crippen molar-refractivity contribution in [2.75, 3.05) is 26.2 Å². The predicted molar refractivity (Wildman–Crippen MR) is 444 cm³/mol. The highest BCUT2D eigenvalue weighted by Crippen LogP contribution is 2.38. The van der Waals surface area contributed by atoms with Crippen LogP contribution < -0.4 is 18.9 Å². The number of carbonyl (C=O) groups excluding carboxylic acids is 4. The van der Waals surface area contributed by atoms with Gasteiger partial charge in [-0.05, 0) is 147 Å². The lowest BCUT2D eigenvalue weighted by Gasteiger charge is -2.39. The molecule has 0 unspecified atom stereocenters. The van der Waals surface area contributed by atoms with E-state index in [-0.39, 0.29) is 71.4 Å². The van der Waals surface area contributed by atoms with Gasteiger partial charge in [-0.15, -0.1) is 0 Å². The summed E-state index contributed by atoms with van der Waals surface area (Å²) in [6.07, 6.45) is 2.80. The SMILES string of the molecule is C[C@H]1[C@H](Oc2cnc(C(F)(F)F)cn2)CCCN1C(=O)c1ccccc1-c1ncccn1.C[C@H]1[C@H](Oc2ncc(C(F)(F)F)cn2)CCCN1C(=O)c1ccccc1-c1ncccn1.Cc1cccc(C(=O)N2CCC[C@@H](Oc3cnc(C(F)(F)F)cn3)[C@@H]2C)c1-c1ncccn1.Cc1cccc(C(=O)N2CCC[C@@H](Oc3ncc(C(F)(F)F)cn3)[C@@H]2C)c1-c1ncc(F)cn1. The number of rotatable bonds is 16. The number of hydrogen-bond donors (Lipinski definition) is 0. The maximum atomic E-state index is 13.6. The van der Waals surface area contributed by atoms with Crippen molar-refractivity contribution in [3.05, 3.63) is 264 Å². The van der Waals surface area contributed by atoms with Crippen molar-refractivity contribution >= 4 is 23.6 Å². The quantitative estimate of drug-likeness (QED) is 0.0811. The van der Waals surface area contributed by atoms with Gasteiger partial charge in [0.2, 0.25) is 11.8 Å². The monoisotopic (exact) mass is 1820 g/mol. The molecule has 16 rings (SSSR count). The second-order valence-corrected chi connectivity index (χ2v) is 30.7. The summed E-state index contributed by atoms with van der Waals surface area (Å²) >= 11 is 0. The highest BCUT2D eigenvalue weighted by molar-refractivity contribution is 6.03. The number of likely N-dealkylation sites (tertiary alicyclic amines) is 4. The van der Waals surface area contributed by atoms with Gasteiger partial charge >= 0.3 is 36.7 Å². The highest BCUT2D eigenvalue weighted by atomic mass is 19.4. The van der Waals surface area contributed by atoms with Gasteiger partial charge in [-0.3, -0.25) is 19.2 Å². The summed E-state index contributed by atoms with van der Waals surface area (Å²) in [5.74, 6) is 0.164. The summed E-state index contributed by atoms with van der Waals surface area (Å²) in [7, 11) is 0. The molecule has 4 aliphatic heterocycles. The third kappa shape index (κ3) is 23.2. The van der Waals surface area contributed by atoms with Crippen LogP contribution >= 0.6 is 0 Å². The van der Waals surface area contributed by atoms with E-state index in [1.54, 1.807) is 137 Å². The van der Waals surface area contributed by atoms with Crippen LogP contribution in [0, 0.1) is 19.7 Å². The smallest absolute Gasteiger partial charge is 0.434 e. The molecule has 0 spiro atoms. The van der Waals surface area contributed by atoms with E-state index >= 15 is 0 Å². The van der Waals surface area contributed by atoms with Crippen molar-refractivity contribution < 1.29 is 95.2 Å². The van der Waals surface area contributed by atoms with E-state index in [0.29, 0.717) is 177 Å². The van der Waals surface area contributed by atoms with Crippen molar-refractivity contribution in [2.24, 2.45) is 0 Å². The Hall–Kier alpha value is -14.3. The van der Waals surface area contributed by atoms with Gasteiger partial charge < -0.3 is 38.5 Å². The first-order chi connectivity index (χ1) is 62.6. The fourth-order valence-electron chi connectivity index (χ4n) is 15.3. The van der Waals surface area contributed by atoms with Gasteiger partial charge in [0.1, 0.15) is 24.4 Å². The Morgan fingerprint density at radius 2 is 0.611 bits per heavy atom. The number of benzene rings is 4. The molecule has 131 heavy (non-hydrogen) atoms. The van der Waals surface area contributed by atoms with Gasteiger partial charge in [0.05, 0.1) is 94.7 Å². The molecule has 12 aromatic rings. The van der Waals surface area contributed by atoms with Crippen LogP contribution in [0.5, 0.6) is 23.8 Å². The highest BCUT2D eigenvalue weighted by Gasteiger charge is 2.42. The van der Waals surface area contributed by atoms with E-state index in [1.807, 2.05) is 65.0 Å². The third-order valence-corrected chi connectivity index (χ3v) is 22.1. The second kappa shape index (κ2) is 41.4. The average molecular weight is 1820 g/mol. The number of alkyl halides is 12. The van der Waals surface area contributed by atoms with E-state index in [0.717, 1.165) is 35.9 Å². The predicted octanol–water partition coefficient (Wildman–Crippen LogP) is 16.9. The van der Waals surface area contributed by atoms with E-state index in [1.165, 1.54) is 0 Å². The summed E-state index contributed by atoms with van der Waals surface area (Å²) in [5, 5.41) is 0. The minimum absolute atomic E-state index is 0.0110. The lowest BCUT2D eigenvalue weighted by molar-refractivity contribution is -0.142. The lowest BCUT2D eigenvalue weighted by Crippen LogP contribution is -2.51. The number of halogens is 13. The number of ether oxygens (including phenoxy) is 4. The molecular weight excluding hydrogens is 1740 g/mol. The Bertz CT molecular complexity index is 5700. The van der Waals surface area contributed by atoms with Gasteiger partial charge in [0, 0.05) is 110 Å². The number of amides is 4. The van der Waals surface area contributed by atoms with Crippen molar-refractivity contribution in [3.8, 4) is 69.3 Å². The second-order valence-electron chi connectivity index (χ2n) is 30.7. The van der Waals surface area contributed by atoms with Crippen molar-refractivity contribution in [1.29, 1.82) is 0 Å². The Labute approximate surface area is 740 Å². The fourth-order valence-corrected chi connectivity index (χ4v) is 15.3. The van der Waals surface area contributed by atoms with Gasteiger partial charge in [0.25, 0.3) is 23.6 Å². The van der Waals surface area contributed by atoms with Gasteiger partial charge in [-0.2, -0.15) is 52.7 Å². The molecule has 0 bridgehead atoms. The molecule has 0 aliphatic carbocycles. The molecule has 12 heterocycles. The number of piperidine rings is 4. The molecule has 8 atom stereocenters. The van der Waals surface area contributed by atoms with Crippen LogP contribution in [0.25, 0.3) is 45.6 Å². The molecule has 8 aromatic heterocycles. The van der Waals surface area contributed by atoms with Crippen LogP contribution in [0.2, 0.25) is 0 Å². The maximum absolute atomic E-state index is 13.6. The first kappa shape index (κ1) is 94.3. The van der Waals surface area contributed by atoms with Crippen LogP contribution in [-0.4, -0.2) is 198 Å². The van der Waals surface area contributed by atoms with Crippen LogP contribution in [0.4, 0.5) is 57.1 Å². The zero-order chi connectivity index (χ0) is 93.5. The Morgan fingerprint density at radius 3 is 0.924 bits per heavy atom. The molecule has 4 aromatic carbocycles. The summed E-state index contributed by atoms with van der Waals surface area (Å²) in [5.41, 5.74) is 1.78. The average Bonchev–Trinajstić information content (AvgIpc) is 0.776. The molecule has 0 N–H and O–H groups in total. The van der Waals surface area contributed by atoms with Crippen LogP contribution in [0.15, 0.2) is 202 Å². The summed E-state index contributed by atoms with van der Waals surface area (Å²) in [6.45, 7) is 13.1. The molecule has 682 valence electrons. The van der Waals surface area contributed by atoms with Gasteiger partial charge in [0.15, 0.2) is 40.5 Å². The van der Waals surface area contributed by atoms with Crippen molar-refractivity contribution in [3.63, 3.8) is 0 Å². The standard InChI is InChI=1S/C23H21F4N5O2.C23H22F3N5O2.2C22H20F3N5O2/c1-13-5-3-6-17(19(13)20-28-11-16(24)12-29-20)21(33)32-8-4-7-18(14(32)2)34-22-30-9-15(10-31-22)23(25,26)27;1-14-6-3-7-16(20(14)21-27-9-5-10-28-21)22(32)31-11-4-8-17(15(31)2)33-19-13-29-18(12-30-19)23(24,25)26;1-14-18(32-21-28-12-15(13-29-21)22(23,24)25)8-4-11-30(14)20(31)17-7-3-2-6-16(17)19-26-9-5-10-27-19;1-14-17(32-19-13-28-18(12-29-19)22(23,24)25)8-4-11-30(14)21(31)16-7-3-2-6-15(16)20-26-9-5-10-27-20/h3,5-6,9-12,14,18H,4,7-8H2,1-2H3;3,5-7,9-10,12-13,15,17H,4,8,11H2,1-2H3;2-3,5-7,9-10,12-14,18H,4,8,11H2,1H3;2-3,5-7,9-10,12-14,17H,4,8,11H2,1H3/t14-,18+;15-,17+;14-,18+;14-,17+/m0000/s1. The van der Waals surface area contributed by atoms with Crippen LogP contribution in [0.1, 0.15) is 154 Å². The minimum Gasteiger partial charge on any atom is -0.471 e. The number of nitrogens with zero attached hydrogens (tertiary/aromatic N) is 20. The number of aryl methyl sites for hydroxylation is 2. The molecule has 4 amide bonds. The topological polar surface area (TPSA) is 324 Å². The van der Waals surface area contributed by atoms with E-state index in [2.05, 4.69) is 79.7 Å². The Kier molecular flexibility index (Phi) is 29.8. The molecular formula is C90H83F13N20O8. The molecule has 4 saturated heterocycles. The van der Waals surface area contributed by atoms with E-state index in [4.69, 9.17) is 18.9 Å². The third-order valence-electron chi connectivity index (χ3n) is 22.1. The van der Waals surface area contributed by atoms with Gasteiger partial charge in [-0.25, -0.2) is 84.1 Å². The normalized spacial score (nSPS) is 18.8. The molecule has 4 fully saturated rings. The zero-order valence-corrected chi connectivity index (χ0v) is 70.8. The first-order valence-electron chi connectivity index (χ1n) is 41.2. The molecule has 41 heteroatoms. The number of aromatic nitrogens is 16. The minimum atomic E-state index is -4.57. The molecule has 0 radical (unpaired) electrons. The largest absolute Gasteiger partial charge is 0.471 e. The molecule has 28 nitrogen and oxygen atoms in total. The van der Waals surface area contributed by atoms with Crippen molar-refractivity contribution in [1.82, 2.24) is 99.3 Å². The summed E-state index contributed by atoms with van der Waals surface area (Å²) in [6, 6.07) is 28.3. The molecule has 4 aliphatic rings. The van der Waals surface area contributed by atoms with E-state index in [9.17, 15) is 76.3 Å². The maximum Gasteiger partial charge on any atom is 0.434 e. The lowest BCUT2D eigenvalue weighted by atomic mass is 9.95. The van der Waals surface area contributed by atoms with Crippen LogP contribution in [0.3, 0.4) is 0 Å². The Morgan fingerprint density at radius 1 is 0.313 bits per heavy atom. The number of hydrogen-bond acceptors (Lipinski definition) is 24. The number of carbonyl (C=O) groups is 4. The Balaban J connectivity index is 0.000000149. The van der Waals surface area contributed by atoms with E-state index < -0.39 is 83.5 Å². The van der Waals surface area contributed by atoms with Gasteiger partial charge in [-0.1, -0.05) is 60.7 Å². The van der Waals surface area contributed by atoms with Crippen molar-refractivity contribution in [2.45, 2.75) is 166 Å². The zero-order valence-electron chi connectivity index (χ0n) is 70.8. The summed E-state index contributed by atoms with van der Waals surface area (Å²) in [4.78, 5) is 123. The molecule has 0 saturated carbocycles. The summed E-state index contributed by atoms with van der Waals surface area (Å²) < 4.78 is 189. The first-order valence-corrected chi connectivity index (χ1v) is 41.2.